The van der Waals surface area contributed by atoms with Gasteiger partial charge in [-0.3, -0.25) is 4.79 Å². The van der Waals surface area contributed by atoms with Crippen LogP contribution < -0.4 is 0 Å². The number of aromatic hydroxyl groups is 1. The summed E-state index contributed by atoms with van der Waals surface area (Å²) in [5.74, 6) is -0.635. The summed E-state index contributed by atoms with van der Waals surface area (Å²) in [6, 6.07) is 18.7. The van der Waals surface area contributed by atoms with Gasteiger partial charge < -0.3 is 9.84 Å². The zero-order valence-corrected chi connectivity index (χ0v) is 19.8. The quantitative estimate of drug-likeness (QED) is 0.402. The fourth-order valence-corrected chi connectivity index (χ4v) is 5.13. The number of nitriles is 1. The molecule has 0 amide bonds. The Balaban J connectivity index is 2.09. The average molecular weight is 495 g/mol. The number of ether oxygens (including phenoxy) is 1. The van der Waals surface area contributed by atoms with Gasteiger partial charge >= 0.3 is 5.97 Å². The van der Waals surface area contributed by atoms with Crippen molar-refractivity contribution in [2.24, 2.45) is 0 Å². The molecule has 9 heteroatoms. The number of esters is 1. The Hall–Kier alpha value is -3.80. The lowest BCUT2D eigenvalue weighted by atomic mass is 9.95. The van der Waals surface area contributed by atoms with Gasteiger partial charge in [-0.2, -0.15) is 5.26 Å². The van der Waals surface area contributed by atoms with E-state index in [9.17, 15) is 23.6 Å². The number of nitrogens with zero attached hydrogens (tertiary/aromatic N) is 2. The van der Waals surface area contributed by atoms with Crippen molar-refractivity contribution < 1.29 is 23.1 Å². The van der Waals surface area contributed by atoms with Crippen LogP contribution in [0, 0.1) is 11.3 Å². The number of carbonyl (C=O) groups is 1. The van der Waals surface area contributed by atoms with Crippen molar-refractivity contribution in [1.29, 1.82) is 5.26 Å². The molecule has 4 aromatic rings. The fraction of sp³-hybridized carbons (Fsp3) is 0.120. The van der Waals surface area contributed by atoms with Gasteiger partial charge in [0.05, 0.1) is 41.6 Å². The van der Waals surface area contributed by atoms with Gasteiger partial charge in [-0.25, -0.2) is 12.4 Å². The van der Waals surface area contributed by atoms with E-state index in [4.69, 9.17) is 16.3 Å². The molecule has 0 fully saturated rings. The van der Waals surface area contributed by atoms with E-state index in [0.29, 0.717) is 22.1 Å². The summed E-state index contributed by atoms with van der Waals surface area (Å²) in [6.07, 6.45) is 0.961. The predicted molar refractivity (Wildman–Crippen MR) is 130 cm³/mol. The van der Waals surface area contributed by atoms with Crippen molar-refractivity contribution in [3.8, 4) is 34.2 Å². The second kappa shape index (κ2) is 8.86. The molecule has 0 aliphatic rings. The Morgan fingerprint density at radius 3 is 2.41 bits per heavy atom. The third-order valence-corrected chi connectivity index (χ3v) is 6.77. The van der Waals surface area contributed by atoms with E-state index in [1.54, 1.807) is 42.5 Å². The maximum Gasteiger partial charge on any atom is 0.309 e. The summed E-state index contributed by atoms with van der Waals surface area (Å²) >= 11 is 6.18. The van der Waals surface area contributed by atoms with Crippen LogP contribution in [0.2, 0.25) is 5.02 Å². The number of aromatic nitrogens is 1. The monoisotopic (exact) mass is 494 g/mol. The van der Waals surface area contributed by atoms with E-state index < -0.39 is 16.0 Å². The molecule has 0 saturated heterocycles. The Bertz CT molecular complexity index is 1590. The topological polar surface area (TPSA) is 109 Å². The molecule has 0 atom stereocenters. The maximum absolute atomic E-state index is 12.8. The lowest BCUT2D eigenvalue weighted by molar-refractivity contribution is -0.139. The first-order valence-electron chi connectivity index (χ1n) is 10.1. The third kappa shape index (κ3) is 4.23. The van der Waals surface area contributed by atoms with Crippen LogP contribution >= 0.6 is 11.6 Å². The Morgan fingerprint density at radius 2 is 1.79 bits per heavy atom. The average Bonchev–Trinajstić information content (AvgIpc) is 3.18. The predicted octanol–water partition coefficient (Wildman–Crippen LogP) is 4.73. The Kier molecular flexibility index (Phi) is 6.09. The first-order chi connectivity index (χ1) is 16.1. The molecule has 1 N–H and O–H groups in total. The molecular weight excluding hydrogens is 476 g/mol. The normalized spacial score (nSPS) is 11.4. The van der Waals surface area contributed by atoms with E-state index in [1.165, 1.54) is 19.2 Å². The molecule has 0 aliphatic carbocycles. The highest BCUT2D eigenvalue weighted by Crippen LogP contribution is 2.42. The molecule has 172 valence electrons. The summed E-state index contributed by atoms with van der Waals surface area (Å²) in [6.45, 7) is 0. The lowest BCUT2D eigenvalue weighted by Crippen LogP contribution is -2.11. The highest BCUT2D eigenvalue weighted by molar-refractivity contribution is 7.89. The smallest absolute Gasteiger partial charge is 0.309 e. The molecule has 7 nitrogen and oxygen atoms in total. The molecule has 34 heavy (non-hydrogen) atoms. The number of rotatable bonds is 5. The molecule has 0 radical (unpaired) electrons. The maximum atomic E-state index is 12.8. The number of carbonyl (C=O) groups excluding carboxylic acids is 1. The highest BCUT2D eigenvalue weighted by atomic mass is 35.5. The van der Waals surface area contributed by atoms with Crippen LogP contribution in [-0.2, 0) is 26.0 Å². The molecule has 4 rings (SSSR count). The zero-order valence-electron chi connectivity index (χ0n) is 18.2. The van der Waals surface area contributed by atoms with Gasteiger partial charge in [0, 0.05) is 16.5 Å². The minimum Gasteiger partial charge on any atom is -0.507 e. The largest absolute Gasteiger partial charge is 0.507 e. The SMILES string of the molecule is COC(=O)Cc1cc(-c2ccccc2)c(O)c(-c2cc3cc(C#N)c(Cl)cc3n2S(C)(=O)=O)c1. The molecule has 1 aromatic heterocycles. The molecule has 0 bridgehead atoms. The first kappa shape index (κ1) is 23.4. The van der Waals surface area contributed by atoms with E-state index >= 15 is 0 Å². The van der Waals surface area contributed by atoms with Crippen molar-refractivity contribution in [2.45, 2.75) is 6.42 Å². The van der Waals surface area contributed by atoms with Crippen molar-refractivity contribution in [1.82, 2.24) is 3.97 Å². The van der Waals surface area contributed by atoms with E-state index in [0.717, 1.165) is 10.2 Å². The number of hydrogen-bond acceptors (Lipinski definition) is 6. The van der Waals surface area contributed by atoms with E-state index in [2.05, 4.69) is 0 Å². The number of phenols is 1. The van der Waals surface area contributed by atoms with Crippen molar-refractivity contribution in [3.05, 3.63) is 76.8 Å². The number of hydrogen-bond donors (Lipinski definition) is 1. The van der Waals surface area contributed by atoms with E-state index in [-0.39, 0.29) is 39.5 Å². The molecular formula is C25H19ClN2O5S. The molecule has 0 spiro atoms. The van der Waals surface area contributed by atoms with Crippen LogP contribution in [0.3, 0.4) is 0 Å². The van der Waals surface area contributed by atoms with Crippen LogP contribution in [0.15, 0.2) is 60.7 Å². The molecule has 0 aliphatic heterocycles. The number of methoxy groups -OCH3 is 1. The second-order valence-corrected chi connectivity index (χ2v) is 9.96. The van der Waals surface area contributed by atoms with Gasteiger partial charge in [-0.1, -0.05) is 41.9 Å². The first-order valence-corrected chi connectivity index (χ1v) is 12.3. The standard InChI is InChI=1S/C25H19ClN2O5S/c1-33-24(29)10-15-8-19(16-6-4-3-5-7-16)25(30)20(9-15)23-12-17-11-18(14-27)21(26)13-22(17)28(23)34(2,31)32/h3-9,11-13,30H,10H2,1-2H3. The van der Waals surface area contributed by atoms with Gasteiger partial charge in [0.25, 0.3) is 0 Å². The van der Waals surface area contributed by atoms with Crippen LogP contribution in [-0.4, -0.2) is 36.8 Å². The minimum absolute atomic E-state index is 0.0763. The summed E-state index contributed by atoms with van der Waals surface area (Å²) in [5, 5.41) is 21.2. The fourth-order valence-electron chi connectivity index (χ4n) is 3.90. The highest BCUT2D eigenvalue weighted by Gasteiger charge is 2.24. The van der Waals surface area contributed by atoms with Gasteiger partial charge in [0.15, 0.2) is 0 Å². The second-order valence-electron chi connectivity index (χ2n) is 7.72. The molecule has 0 saturated carbocycles. The van der Waals surface area contributed by atoms with Crippen molar-refractivity contribution in [2.75, 3.05) is 13.4 Å². The Morgan fingerprint density at radius 1 is 1.12 bits per heavy atom. The van der Waals surface area contributed by atoms with Crippen molar-refractivity contribution >= 4 is 38.5 Å². The summed E-state index contributed by atoms with van der Waals surface area (Å²) < 4.78 is 31.5. The van der Waals surface area contributed by atoms with Gasteiger partial charge in [0.2, 0.25) is 10.0 Å². The summed E-state index contributed by atoms with van der Waals surface area (Å²) in [5.41, 5.74) is 2.48. The van der Waals surface area contributed by atoms with Crippen LogP contribution in [0.1, 0.15) is 11.1 Å². The number of benzene rings is 3. The van der Waals surface area contributed by atoms with Crippen molar-refractivity contribution in [3.63, 3.8) is 0 Å². The van der Waals surface area contributed by atoms with E-state index in [1.807, 2.05) is 12.1 Å². The molecule has 0 unspecified atom stereocenters. The lowest BCUT2D eigenvalue weighted by Gasteiger charge is -2.15. The summed E-state index contributed by atoms with van der Waals surface area (Å²) in [7, 11) is -2.59. The summed E-state index contributed by atoms with van der Waals surface area (Å²) in [4.78, 5) is 12.0. The minimum atomic E-state index is -3.86. The van der Waals surface area contributed by atoms with Gasteiger partial charge in [0.1, 0.15) is 11.8 Å². The molecule has 1 heterocycles. The number of phenolic OH excluding ortho intramolecular Hbond substituents is 1. The van der Waals surface area contributed by atoms with Crippen LogP contribution in [0.4, 0.5) is 0 Å². The van der Waals surface area contributed by atoms with Gasteiger partial charge in [-0.05, 0) is 41.5 Å². The van der Waals surface area contributed by atoms with Crippen LogP contribution in [0.5, 0.6) is 5.75 Å². The zero-order chi connectivity index (χ0) is 24.6. The van der Waals surface area contributed by atoms with Crippen LogP contribution in [0.25, 0.3) is 33.3 Å². The number of fused-ring (bicyclic) bond motifs is 1. The molecule has 3 aromatic carbocycles. The third-order valence-electron chi connectivity index (χ3n) is 5.40. The number of halogens is 1. The Labute approximate surface area is 201 Å². The van der Waals surface area contributed by atoms with Gasteiger partial charge in [-0.15, -0.1) is 0 Å².